The highest BCUT2D eigenvalue weighted by atomic mass is 32.2. The summed E-state index contributed by atoms with van der Waals surface area (Å²) in [5.41, 5.74) is 0. The molecule has 0 aromatic rings. The predicted molar refractivity (Wildman–Crippen MR) is 72.4 cm³/mol. The van der Waals surface area contributed by atoms with Crippen molar-refractivity contribution in [3.05, 3.63) is 0 Å². The molecule has 2 aliphatic heterocycles. The summed E-state index contributed by atoms with van der Waals surface area (Å²) in [6.45, 7) is 1.37. The van der Waals surface area contributed by atoms with Gasteiger partial charge in [0.2, 0.25) is 0 Å². The molecule has 0 bridgehead atoms. The highest BCUT2D eigenvalue weighted by Crippen LogP contribution is 2.19. The molecule has 0 saturated carbocycles. The summed E-state index contributed by atoms with van der Waals surface area (Å²) in [5.74, 6) is -1.54. The first-order chi connectivity index (χ1) is 9.49. The normalized spacial score (nSPS) is 29.2. The number of hydrogen-bond acceptors (Lipinski definition) is 4. The molecule has 2 fully saturated rings. The van der Waals surface area contributed by atoms with Crippen molar-refractivity contribution in [2.45, 2.75) is 38.2 Å². The van der Waals surface area contributed by atoms with Crippen molar-refractivity contribution < 1.29 is 23.1 Å². The average molecular weight is 306 g/mol. The first-order valence-electron chi connectivity index (χ1n) is 7.08. The fourth-order valence-electron chi connectivity index (χ4n) is 2.62. The molecule has 0 aliphatic carbocycles. The number of nitrogens with zero attached hydrogens (tertiary/aromatic N) is 1. The minimum Gasteiger partial charge on any atom is -0.481 e. The summed E-state index contributed by atoms with van der Waals surface area (Å²) in [7, 11) is -3.61. The number of carboxylic acids is 1. The standard InChI is InChI=1S/C12H22N2O5S/c15-12(16)10-4-3-6-14(9-10)20(17,18)13-8-11-5-1-2-7-19-11/h10-11,13H,1-9H2,(H,15,16). The molecular weight excluding hydrogens is 284 g/mol. The van der Waals surface area contributed by atoms with E-state index in [1.54, 1.807) is 0 Å². The second-order valence-electron chi connectivity index (χ2n) is 5.38. The number of carbonyl (C=O) groups is 1. The molecule has 20 heavy (non-hydrogen) atoms. The van der Waals surface area contributed by atoms with Gasteiger partial charge in [0.1, 0.15) is 0 Å². The topological polar surface area (TPSA) is 95.9 Å². The van der Waals surface area contributed by atoms with Crippen LogP contribution in [-0.2, 0) is 19.7 Å². The van der Waals surface area contributed by atoms with Crippen LogP contribution in [0.15, 0.2) is 0 Å². The maximum atomic E-state index is 12.2. The molecule has 0 aromatic heterocycles. The number of ether oxygens (including phenoxy) is 1. The Morgan fingerprint density at radius 1 is 1.30 bits per heavy atom. The van der Waals surface area contributed by atoms with Crippen LogP contribution in [0.25, 0.3) is 0 Å². The van der Waals surface area contributed by atoms with Gasteiger partial charge in [-0.3, -0.25) is 4.79 Å². The Bertz CT molecular complexity index is 433. The van der Waals surface area contributed by atoms with Gasteiger partial charge < -0.3 is 9.84 Å². The van der Waals surface area contributed by atoms with Crippen molar-refractivity contribution in [2.24, 2.45) is 5.92 Å². The Morgan fingerprint density at radius 3 is 2.75 bits per heavy atom. The van der Waals surface area contributed by atoms with Crippen LogP contribution in [0.4, 0.5) is 0 Å². The van der Waals surface area contributed by atoms with E-state index in [1.165, 1.54) is 4.31 Å². The Labute approximate surface area is 119 Å². The second kappa shape index (κ2) is 6.84. The summed E-state index contributed by atoms with van der Waals surface area (Å²) in [4.78, 5) is 11.0. The molecule has 2 N–H and O–H groups in total. The Kier molecular flexibility index (Phi) is 5.36. The minimum atomic E-state index is -3.61. The van der Waals surface area contributed by atoms with Crippen molar-refractivity contribution in [1.29, 1.82) is 0 Å². The van der Waals surface area contributed by atoms with E-state index < -0.39 is 22.1 Å². The molecule has 0 amide bonds. The van der Waals surface area contributed by atoms with E-state index >= 15 is 0 Å². The largest absolute Gasteiger partial charge is 0.481 e. The maximum absolute atomic E-state index is 12.2. The van der Waals surface area contributed by atoms with E-state index in [9.17, 15) is 13.2 Å². The third-order valence-corrected chi connectivity index (χ3v) is 5.38. The van der Waals surface area contributed by atoms with Gasteiger partial charge in [0, 0.05) is 26.2 Å². The Hall–Kier alpha value is -0.700. The van der Waals surface area contributed by atoms with Crippen molar-refractivity contribution >= 4 is 16.2 Å². The lowest BCUT2D eigenvalue weighted by Crippen LogP contribution is -2.49. The van der Waals surface area contributed by atoms with Gasteiger partial charge >= 0.3 is 5.97 Å². The van der Waals surface area contributed by atoms with Crippen molar-refractivity contribution in [2.75, 3.05) is 26.2 Å². The maximum Gasteiger partial charge on any atom is 0.307 e. The van der Waals surface area contributed by atoms with Gasteiger partial charge in [-0.15, -0.1) is 0 Å². The average Bonchev–Trinajstić information content (AvgIpc) is 2.46. The Balaban J connectivity index is 1.87. The number of nitrogens with one attached hydrogen (secondary N) is 1. The summed E-state index contributed by atoms with van der Waals surface area (Å²) < 4.78 is 33.6. The van der Waals surface area contributed by atoms with Crippen molar-refractivity contribution in [3.8, 4) is 0 Å². The molecule has 2 atom stereocenters. The fraction of sp³-hybridized carbons (Fsp3) is 0.917. The lowest BCUT2D eigenvalue weighted by molar-refractivity contribution is -0.142. The van der Waals surface area contributed by atoms with E-state index in [2.05, 4.69) is 4.72 Å². The van der Waals surface area contributed by atoms with Crippen molar-refractivity contribution in [3.63, 3.8) is 0 Å². The summed E-state index contributed by atoms with van der Waals surface area (Å²) in [6, 6.07) is 0. The summed E-state index contributed by atoms with van der Waals surface area (Å²) in [5, 5.41) is 8.99. The molecule has 0 aromatic carbocycles. The highest BCUT2D eigenvalue weighted by Gasteiger charge is 2.32. The van der Waals surface area contributed by atoms with Gasteiger partial charge in [0.05, 0.1) is 12.0 Å². The number of carboxylic acid groups (broad SMARTS) is 1. The fourth-order valence-corrected chi connectivity index (χ4v) is 3.94. The van der Waals surface area contributed by atoms with Gasteiger partial charge in [0.15, 0.2) is 0 Å². The quantitative estimate of drug-likeness (QED) is 0.756. The molecule has 2 rings (SSSR count). The SMILES string of the molecule is O=C(O)C1CCCN(S(=O)(=O)NCC2CCCCO2)C1. The molecule has 7 nitrogen and oxygen atoms in total. The molecule has 2 heterocycles. The van der Waals surface area contributed by atoms with E-state index in [1.807, 2.05) is 0 Å². The third kappa shape index (κ3) is 4.15. The molecule has 0 spiro atoms. The predicted octanol–water partition coefficient (Wildman–Crippen LogP) is 0.187. The molecule has 0 radical (unpaired) electrons. The number of hydrogen-bond donors (Lipinski definition) is 2. The number of aliphatic carboxylic acids is 1. The number of rotatable bonds is 5. The highest BCUT2D eigenvalue weighted by molar-refractivity contribution is 7.87. The zero-order valence-electron chi connectivity index (χ0n) is 11.5. The van der Waals surface area contributed by atoms with Crippen LogP contribution in [0.5, 0.6) is 0 Å². The van der Waals surface area contributed by atoms with Crippen LogP contribution >= 0.6 is 0 Å². The summed E-state index contributed by atoms with van der Waals surface area (Å²) >= 11 is 0. The van der Waals surface area contributed by atoms with Crippen LogP contribution in [0.2, 0.25) is 0 Å². The van der Waals surface area contributed by atoms with Crippen LogP contribution in [0.3, 0.4) is 0 Å². The molecule has 116 valence electrons. The molecule has 2 aliphatic rings. The van der Waals surface area contributed by atoms with Crippen LogP contribution in [-0.4, -0.2) is 56.1 Å². The zero-order chi connectivity index (χ0) is 14.6. The molecule has 2 saturated heterocycles. The van der Waals surface area contributed by atoms with Crippen LogP contribution < -0.4 is 4.72 Å². The first kappa shape index (κ1) is 15.7. The summed E-state index contributed by atoms with van der Waals surface area (Å²) in [6.07, 6.45) is 3.98. The molecular formula is C12H22N2O5S. The monoisotopic (exact) mass is 306 g/mol. The van der Waals surface area contributed by atoms with Gasteiger partial charge in [-0.05, 0) is 32.1 Å². The van der Waals surface area contributed by atoms with Gasteiger partial charge in [-0.2, -0.15) is 17.4 Å². The van der Waals surface area contributed by atoms with Crippen LogP contribution in [0, 0.1) is 5.92 Å². The number of piperidine rings is 1. The molecule has 2 unspecified atom stereocenters. The molecule has 8 heteroatoms. The first-order valence-corrected chi connectivity index (χ1v) is 8.52. The van der Waals surface area contributed by atoms with Gasteiger partial charge in [0.25, 0.3) is 10.2 Å². The minimum absolute atomic E-state index is 0.0518. The van der Waals surface area contributed by atoms with Crippen LogP contribution in [0.1, 0.15) is 32.1 Å². The van der Waals surface area contributed by atoms with E-state index in [0.29, 0.717) is 26.0 Å². The van der Waals surface area contributed by atoms with E-state index in [-0.39, 0.29) is 19.2 Å². The third-order valence-electron chi connectivity index (χ3n) is 3.84. The smallest absolute Gasteiger partial charge is 0.307 e. The van der Waals surface area contributed by atoms with E-state index in [4.69, 9.17) is 9.84 Å². The van der Waals surface area contributed by atoms with E-state index in [0.717, 1.165) is 19.3 Å². The Morgan fingerprint density at radius 2 is 2.10 bits per heavy atom. The van der Waals surface area contributed by atoms with Gasteiger partial charge in [-0.1, -0.05) is 0 Å². The van der Waals surface area contributed by atoms with Crippen molar-refractivity contribution in [1.82, 2.24) is 9.03 Å². The van der Waals surface area contributed by atoms with Gasteiger partial charge in [-0.25, -0.2) is 0 Å². The lowest BCUT2D eigenvalue weighted by atomic mass is 10.0. The lowest BCUT2D eigenvalue weighted by Gasteiger charge is -2.30. The second-order valence-corrected chi connectivity index (χ2v) is 7.13. The zero-order valence-corrected chi connectivity index (χ0v) is 12.3.